The molecule has 2 rings (SSSR count). The standard InChI is InChI=1S/C19H24NO3/c1-15(2)18(16-9-5-3-6-10-16)20(23)19(13-21,14-22)17-11-7-4-8-12-17/h3-12,15,18,21-22H,13-14H2,1-2H3. The van der Waals surface area contributed by atoms with Gasteiger partial charge in [0.05, 0.1) is 19.3 Å². The van der Waals surface area contributed by atoms with Crippen molar-refractivity contribution in [2.75, 3.05) is 13.2 Å². The Bertz CT molecular complexity index is 582. The van der Waals surface area contributed by atoms with E-state index in [2.05, 4.69) is 0 Å². The average Bonchev–Trinajstić information content (AvgIpc) is 2.58. The van der Waals surface area contributed by atoms with Gasteiger partial charge in [0.2, 0.25) is 0 Å². The molecular formula is C19H24NO3. The third-order valence-electron chi connectivity index (χ3n) is 4.28. The van der Waals surface area contributed by atoms with E-state index in [-0.39, 0.29) is 5.92 Å². The molecule has 0 aliphatic heterocycles. The summed E-state index contributed by atoms with van der Waals surface area (Å²) in [6.45, 7) is 3.03. The van der Waals surface area contributed by atoms with Gasteiger partial charge in [0, 0.05) is 0 Å². The highest BCUT2D eigenvalue weighted by atomic mass is 16.5. The summed E-state index contributed by atoms with van der Waals surface area (Å²) in [6, 6.07) is 18.0. The van der Waals surface area contributed by atoms with Crippen LogP contribution in [0.2, 0.25) is 0 Å². The van der Waals surface area contributed by atoms with Crippen LogP contribution in [0.5, 0.6) is 0 Å². The summed E-state index contributed by atoms with van der Waals surface area (Å²) in [7, 11) is 0. The number of aliphatic hydroxyl groups excluding tert-OH is 2. The quantitative estimate of drug-likeness (QED) is 0.772. The lowest BCUT2D eigenvalue weighted by Gasteiger charge is -2.41. The van der Waals surface area contributed by atoms with Crippen molar-refractivity contribution in [3.05, 3.63) is 71.8 Å². The van der Waals surface area contributed by atoms with Crippen LogP contribution >= 0.6 is 0 Å². The summed E-state index contributed by atoms with van der Waals surface area (Å²) in [5, 5.41) is 34.1. The summed E-state index contributed by atoms with van der Waals surface area (Å²) in [5.41, 5.74) is 0.118. The van der Waals surface area contributed by atoms with Crippen LogP contribution in [0.25, 0.3) is 0 Å². The van der Waals surface area contributed by atoms with E-state index >= 15 is 0 Å². The Morgan fingerprint density at radius 1 is 0.913 bits per heavy atom. The van der Waals surface area contributed by atoms with Crippen LogP contribution in [0.15, 0.2) is 60.7 Å². The second kappa shape index (κ2) is 7.70. The fraction of sp³-hybridized carbons (Fsp3) is 0.368. The van der Waals surface area contributed by atoms with E-state index in [1.54, 1.807) is 24.3 Å². The molecule has 1 atom stereocenters. The number of hydrogen-bond acceptors (Lipinski definition) is 3. The van der Waals surface area contributed by atoms with Crippen LogP contribution in [0, 0.1) is 5.92 Å². The Labute approximate surface area is 137 Å². The highest BCUT2D eigenvalue weighted by Crippen LogP contribution is 2.38. The third-order valence-corrected chi connectivity index (χ3v) is 4.28. The lowest BCUT2D eigenvalue weighted by atomic mass is 9.86. The molecule has 0 saturated carbocycles. The van der Waals surface area contributed by atoms with Crippen molar-refractivity contribution in [1.82, 2.24) is 5.06 Å². The minimum atomic E-state index is -1.37. The Morgan fingerprint density at radius 3 is 1.83 bits per heavy atom. The molecule has 4 heteroatoms. The SMILES string of the molecule is CC(C)C(c1ccccc1)N([O])C(CO)(CO)c1ccccc1. The van der Waals surface area contributed by atoms with Gasteiger partial charge in [-0.15, -0.1) is 10.3 Å². The molecule has 1 radical (unpaired) electrons. The second-order valence-corrected chi connectivity index (χ2v) is 6.14. The first kappa shape index (κ1) is 17.6. The number of hydrogen-bond donors (Lipinski definition) is 2. The van der Waals surface area contributed by atoms with Gasteiger partial charge in [-0.3, -0.25) is 0 Å². The van der Waals surface area contributed by atoms with Crippen LogP contribution in [0.3, 0.4) is 0 Å². The molecule has 0 aromatic heterocycles. The summed E-state index contributed by atoms with van der Waals surface area (Å²) in [6.07, 6.45) is 0. The Morgan fingerprint density at radius 2 is 1.39 bits per heavy atom. The van der Waals surface area contributed by atoms with Gasteiger partial charge < -0.3 is 10.2 Å². The van der Waals surface area contributed by atoms with Crippen molar-refractivity contribution in [2.24, 2.45) is 5.92 Å². The van der Waals surface area contributed by atoms with Gasteiger partial charge in [0.1, 0.15) is 5.54 Å². The predicted molar refractivity (Wildman–Crippen MR) is 88.8 cm³/mol. The number of aliphatic hydroxyl groups is 2. The molecule has 0 amide bonds. The Kier molecular flexibility index (Phi) is 5.91. The van der Waals surface area contributed by atoms with Crippen molar-refractivity contribution in [3.63, 3.8) is 0 Å². The normalized spacial score (nSPS) is 13.5. The molecule has 0 aliphatic rings. The lowest BCUT2D eigenvalue weighted by molar-refractivity contribution is -0.284. The number of nitrogens with zero attached hydrogens (tertiary/aromatic N) is 1. The second-order valence-electron chi connectivity index (χ2n) is 6.14. The minimum Gasteiger partial charge on any atom is -0.394 e. The predicted octanol–water partition coefficient (Wildman–Crippen LogP) is 2.91. The molecule has 0 saturated heterocycles. The molecular weight excluding hydrogens is 290 g/mol. The summed E-state index contributed by atoms with van der Waals surface area (Å²) < 4.78 is 0. The van der Waals surface area contributed by atoms with Crippen LogP contribution < -0.4 is 0 Å². The molecule has 4 nitrogen and oxygen atoms in total. The smallest absolute Gasteiger partial charge is 0.121 e. The summed E-state index contributed by atoms with van der Waals surface area (Å²) >= 11 is 0. The van der Waals surface area contributed by atoms with Crippen LogP contribution in [-0.4, -0.2) is 28.5 Å². The van der Waals surface area contributed by atoms with Crippen LogP contribution in [-0.2, 0) is 10.7 Å². The minimum absolute atomic E-state index is 0.0242. The van der Waals surface area contributed by atoms with Crippen LogP contribution in [0.4, 0.5) is 0 Å². The molecule has 2 N–H and O–H groups in total. The molecule has 0 heterocycles. The molecule has 0 spiro atoms. The van der Waals surface area contributed by atoms with Gasteiger partial charge in [-0.25, -0.2) is 0 Å². The van der Waals surface area contributed by atoms with Gasteiger partial charge in [0.15, 0.2) is 0 Å². The Balaban J connectivity index is 2.49. The highest BCUT2D eigenvalue weighted by molar-refractivity contribution is 5.27. The van der Waals surface area contributed by atoms with Crippen molar-refractivity contribution in [3.8, 4) is 0 Å². The molecule has 1 unspecified atom stereocenters. The zero-order valence-corrected chi connectivity index (χ0v) is 13.6. The van der Waals surface area contributed by atoms with Crippen molar-refractivity contribution < 1.29 is 15.4 Å². The summed E-state index contributed by atoms with van der Waals surface area (Å²) in [4.78, 5) is 0. The topological polar surface area (TPSA) is 63.6 Å². The maximum atomic E-state index is 13.3. The third kappa shape index (κ3) is 3.46. The zero-order valence-electron chi connectivity index (χ0n) is 13.6. The number of hydroxylamine groups is 2. The molecule has 2 aromatic carbocycles. The zero-order chi connectivity index (χ0) is 16.9. The first-order valence-electron chi connectivity index (χ1n) is 7.85. The van der Waals surface area contributed by atoms with Gasteiger partial charge in [-0.1, -0.05) is 74.5 Å². The monoisotopic (exact) mass is 314 g/mol. The van der Waals surface area contributed by atoms with Gasteiger partial charge in [-0.2, -0.15) is 0 Å². The van der Waals surface area contributed by atoms with E-state index in [4.69, 9.17) is 0 Å². The van der Waals surface area contributed by atoms with Crippen molar-refractivity contribution >= 4 is 0 Å². The number of benzene rings is 2. The first-order valence-corrected chi connectivity index (χ1v) is 7.85. The largest absolute Gasteiger partial charge is 0.394 e. The maximum absolute atomic E-state index is 13.3. The Hall–Kier alpha value is -1.72. The molecule has 0 aliphatic carbocycles. The van der Waals surface area contributed by atoms with E-state index in [1.165, 1.54) is 0 Å². The van der Waals surface area contributed by atoms with Crippen LogP contribution in [0.1, 0.15) is 31.0 Å². The van der Waals surface area contributed by atoms with Gasteiger partial charge in [0.25, 0.3) is 0 Å². The van der Waals surface area contributed by atoms with E-state index in [0.29, 0.717) is 5.56 Å². The highest BCUT2D eigenvalue weighted by Gasteiger charge is 2.43. The van der Waals surface area contributed by atoms with E-state index in [0.717, 1.165) is 10.6 Å². The first-order chi connectivity index (χ1) is 11.1. The van der Waals surface area contributed by atoms with Gasteiger partial charge >= 0.3 is 0 Å². The van der Waals surface area contributed by atoms with E-state index in [9.17, 15) is 15.4 Å². The molecule has 123 valence electrons. The molecule has 2 aromatic rings. The van der Waals surface area contributed by atoms with Gasteiger partial charge in [-0.05, 0) is 17.0 Å². The molecule has 0 bridgehead atoms. The van der Waals surface area contributed by atoms with Crippen molar-refractivity contribution in [2.45, 2.75) is 25.4 Å². The molecule has 23 heavy (non-hydrogen) atoms. The fourth-order valence-corrected chi connectivity index (χ4v) is 2.96. The average molecular weight is 314 g/mol. The lowest BCUT2D eigenvalue weighted by Crippen LogP contribution is -2.52. The van der Waals surface area contributed by atoms with Crippen molar-refractivity contribution in [1.29, 1.82) is 0 Å². The maximum Gasteiger partial charge on any atom is 0.121 e. The van der Waals surface area contributed by atoms with E-state index in [1.807, 2.05) is 50.2 Å². The fourth-order valence-electron chi connectivity index (χ4n) is 2.96. The van der Waals surface area contributed by atoms with E-state index < -0.39 is 24.8 Å². The molecule has 0 fully saturated rings. The summed E-state index contributed by atoms with van der Waals surface area (Å²) in [5.74, 6) is 0.0242. The number of rotatable bonds is 7.